The van der Waals surface area contributed by atoms with Gasteiger partial charge in [-0.25, -0.2) is 9.97 Å². The van der Waals surface area contributed by atoms with Crippen LogP contribution in [0.5, 0.6) is 0 Å². The summed E-state index contributed by atoms with van der Waals surface area (Å²) in [6.07, 6.45) is 2.52. The molecule has 0 aromatic carbocycles. The SMILES string of the molecule is Cc1cc2c(NCC3CCCN3C)nc(Cl)nc2s1. The molecule has 1 unspecified atom stereocenters. The molecule has 3 rings (SSSR count). The first-order chi connectivity index (χ1) is 9.13. The molecule has 2 aromatic rings. The third-order valence-corrected chi connectivity index (χ3v) is 4.78. The van der Waals surface area contributed by atoms with Crippen LogP contribution in [0.2, 0.25) is 5.28 Å². The number of hydrogen-bond donors (Lipinski definition) is 1. The standard InChI is InChI=1S/C13H17ClN4S/c1-8-6-10-11(16-13(14)17-12(10)19-8)15-7-9-4-3-5-18(9)2/h6,9H,3-5,7H2,1-2H3,(H,15,16,17). The second-order valence-corrected chi connectivity index (χ2v) is 6.65. The minimum atomic E-state index is 0.316. The second-order valence-electron chi connectivity index (χ2n) is 5.07. The zero-order chi connectivity index (χ0) is 13.4. The average molecular weight is 297 g/mol. The quantitative estimate of drug-likeness (QED) is 0.884. The number of hydrogen-bond acceptors (Lipinski definition) is 5. The Labute approximate surface area is 121 Å². The smallest absolute Gasteiger partial charge is 0.225 e. The Morgan fingerprint density at radius 3 is 3.11 bits per heavy atom. The van der Waals surface area contributed by atoms with E-state index in [9.17, 15) is 0 Å². The summed E-state index contributed by atoms with van der Waals surface area (Å²) in [4.78, 5) is 13.2. The lowest BCUT2D eigenvalue weighted by molar-refractivity contribution is 0.322. The monoisotopic (exact) mass is 296 g/mol. The minimum absolute atomic E-state index is 0.316. The van der Waals surface area contributed by atoms with Gasteiger partial charge < -0.3 is 10.2 Å². The molecule has 1 saturated heterocycles. The van der Waals surface area contributed by atoms with E-state index in [4.69, 9.17) is 11.6 Å². The summed E-state index contributed by atoms with van der Waals surface area (Å²) in [5.74, 6) is 0.861. The van der Waals surface area contributed by atoms with Gasteiger partial charge in [-0.3, -0.25) is 0 Å². The van der Waals surface area contributed by atoms with Crippen molar-refractivity contribution in [3.8, 4) is 0 Å². The van der Waals surface area contributed by atoms with Crippen molar-refractivity contribution >= 4 is 39.0 Å². The van der Waals surface area contributed by atoms with Crippen LogP contribution in [0, 0.1) is 6.92 Å². The number of fused-ring (bicyclic) bond motifs is 1. The summed E-state index contributed by atoms with van der Waals surface area (Å²) in [5.41, 5.74) is 0. The highest BCUT2D eigenvalue weighted by atomic mass is 35.5. The van der Waals surface area contributed by atoms with Gasteiger partial charge in [0.1, 0.15) is 10.6 Å². The predicted octanol–water partition coefficient (Wildman–Crippen LogP) is 3.16. The van der Waals surface area contributed by atoms with E-state index < -0.39 is 0 Å². The van der Waals surface area contributed by atoms with Crippen molar-refractivity contribution in [2.24, 2.45) is 0 Å². The van der Waals surface area contributed by atoms with Gasteiger partial charge in [-0.2, -0.15) is 0 Å². The molecule has 102 valence electrons. The summed E-state index contributed by atoms with van der Waals surface area (Å²) < 4.78 is 0. The molecule has 0 aliphatic carbocycles. The van der Waals surface area contributed by atoms with Gasteiger partial charge in [0.05, 0.1) is 5.39 Å². The van der Waals surface area contributed by atoms with Crippen LogP contribution in [0.25, 0.3) is 10.2 Å². The highest BCUT2D eigenvalue weighted by molar-refractivity contribution is 7.18. The zero-order valence-electron chi connectivity index (χ0n) is 11.1. The fourth-order valence-electron chi connectivity index (χ4n) is 2.60. The number of aryl methyl sites for hydroxylation is 1. The van der Waals surface area contributed by atoms with Crippen molar-refractivity contribution < 1.29 is 0 Å². The highest BCUT2D eigenvalue weighted by Gasteiger charge is 2.21. The van der Waals surface area contributed by atoms with Gasteiger partial charge in [0.2, 0.25) is 5.28 Å². The summed E-state index contributed by atoms with van der Waals surface area (Å²) >= 11 is 7.64. The van der Waals surface area contributed by atoms with E-state index in [1.807, 2.05) is 0 Å². The molecule has 0 amide bonds. The molecule has 6 heteroatoms. The fourth-order valence-corrected chi connectivity index (χ4v) is 3.70. The van der Waals surface area contributed by atoms with E-state index in [2.05, 4.69) is 40.2 Å². The van der Waals surface area contributed by atoms with Crippen LogP contribution in [0.15, 0.2) is 6.07 Å². The molecule has 0 bridgehead atoms. The maximum atomic E-state index is 5.99. The van der Waals surface area contributed by atoms with Crippen LogP contribution in [-0.2, 0) is 0 Å². The Kier molecular flexibility index (Phi) is 3.60. The normalized spacial score (nSPS) is 20.3. The van der Waals surface area contributed by atoms with Crippen LogP contribution >= 0.6 is 22.9 Å². The molecule has 4 nitrogen and oxygen atoms in total. The Bertz CT molecular complexity index is 598. The van der Waals surface area contributed by atoms with Gasteiger partial charge in [0.15, 0.2) is 0 Å². The Balaban J connectivity index is 1.83. The molecule has 2 aromatic heterocycles. The Morgan fingerprint density at radius 1 is 1.53 bits per heavy atom. The molecule has 0 spiro atoms. The Hall–Kier alpha value is -0.910. The summed E-state index contributed by atoms with van der Waals surface area (Å²) in [5, 5.41) is 4.84. The van der Waals surface area contributed by atoms with Gasteiger partial charge in [0.25, 0.3) is 0 Å². The lowest BCUT2D eigenvalue weighted by atomic mass is 10.2. The molecular formula is C13H17ClN4S. The maximum Gasteiger partial charge on any atom is 0.225 e. The summed E-state index contributed by atoms with van der Waals surface area (Å²) in [7, 11) is 2.18. The predicted molar refractivity (Wildman–Crippen MR) is 81.3 cm³/mol. The van der Waals surface area contributed by atoms with Crippen molar-refractivity contribution in [2.75, 3.05) is 25.5 Å². The number of likely N-dealkylation sites (N-methyl/N-ethyl adjacent to an activating group) is 1. The number of nitrogens with one attached hydrogen (secondary N) is 1. The van der Waals surface area contributed by atoms with Crippen molar-refractivity contribution in [2.45, 2.75) is 25.8 Å². The molecule has 1 aliphatic rings. The molecule has 1 N–H and O–H groups in total. The first-order valence-corrected chi connectivity index (χ1v) is 7.71. The Morgan fingerprint density at radius 2 is 2.37 bits per heavy atom. The van der Waals surface area contributed by atoms with E-state index in [1.54, 1.807) is 11.3 Å². The maximum absolute atomic E-state index is 5.99. The van der Waals surface area contributed by atoms with Gasteiger partial charge in [-0.05, 0) is 51.0 Å². The largest absolute Gasteiger partial charge is 0.368 e. The van der Waals surface area contributed by atoms with Crippen molar-refractivity contribution in [1.82, 2.24) is 14.9 Å². The van der Waals surface area contributed by atoms with E-state index in [0.29, 0.717) is 11.3 Å². The molecule has 19 heavy (non-hydrogen) atoms. The van der Waals surface area contributed by atoms with Gasteiger partial charge >= 0.3 is 0 Å². The van der Waals surface area contributed by atoms with E-state index in [0.717, 1.165) is 22.6 Å². The lowest BCUT2D eigenvalue weighted by Gasteiger charge is -2.20. The van der Waals surface area contributed by atoms with Gasteiger partial charge in [0, 0.05) is 17.5 Å². The van der Waals surface area contributed by atoms with Crippen LogP contribution in [0.4, 0.5) is 5.82 Å². The minimum Gasteiger partial charge on any atom is -0.368 e. The number of thiophene rings is 1. The van der Waals surface area contributed by atoms with Gasteiger partial charge in [-0.15, -0.1) is 11.3 Å². The second kappa shape index (κ2) is 5.23. The van der Waals surface area contributed by atoms with Crippen molar-refractivity contribution in [3.63, 3.8) is 0 Å². The topological polar surface area (TPSA) is 41.0 Å². The summed E-state index contributed by atoms with van der Waals surface area (Å²) in [6.45, 7) is 4.17. The van der Waals surface area contributed by atoms with Crippen LogP contribution < -0.4 is 5.32 Å². The number of rotatable bonds is 3. The molecule has 1 fully saturated rings. The summed E-state index contributed by atoms with van der Waals surface area (Å²) in [6, 6.07) is 2.71. The molecule has 1 atom stereocenters. The van der Waals surface area contributed by atoms with Crippen molar-refractivity contribution in [1.29, 1.82) is 0 Å². The van der Waals surface area contributed by atoms with Crippen molar-refractivity contribution in [3.05, 3.63) is 16.2 Å². The number of likely N-dealkylation sites (tertiary alicyclic amines) is 1. The fraction of sp³-hybridized carbons (Fsp3) is 0.538. The van der Waals surface area contributed by atoms with E-state index >= 15 is 0 Å². The van der Waals surface area contributed by atoms with Gasteiger partial charge in [-0.1, -0.05) is 0 Å². The van der Waals surface area contributed by atoms with Crippen LogP contribution in [-0.4, -0.2) is 41.0 Å². The average Bonchev–Trinajstić information content (AvgIpc) is 2.91. The number of nitrogens with zero attached hydrogens (tertiary/aromatic N) is 3. The molecular weight excluding hydrogens is 280 g/mol. The number of anilines is 1. The van der Waals surface area contributed by atoms with Crippen LogP contribution in [0.3, 0.4) is 0 Å². The lowest BCUT2D eigenvalue weighted by Crippen LogP contribution is -2.31. The van der Waals surface area contributed by atoms with Crippen LogP contribution in [0.1, 0.15) is 17.7 Å². The number of aromatic nitrogens is 2. The molecule has 0 saturated carbocycles. The molecule has 0 radical (unpaired) electrons. The first-order valence-electron chi connectivity index (χ1n) is 6.51. The third kappa shape index (κ3) is 2.68. The molecule has 3 heterocycles. The first kappa shape index (κ1) is 13.1. The third-order valence-electron chi connectivity index (χ3n) is 3.67. The van der Waals surface area contributed by atoms with E-state index in [1.165, 1.54) is 24.3 Å². The zero-order valence-corrected chi connectivity index (χ0v) is 12.7. The molecule has 1 aliphatic heterocycles. The highest BCUT2D eigenvalue weighted by Crippen LogP contribution is 2.29. The number of halogens is 1. The van der Waals surface area contributed by atoms with E-state index in [-0.39, 0.29) is 0 Å².